The summed E-state index contributed by atoms with van der Waals surface area (Å²) in [5.41, 5.74) is 4.76. The Kier molecular flexibility index (Phi) is 3.22. The van der Waals surface area contributed by atoms with E-state index in [1.54, 1.807) is 24.3 Å². The summed E-state index contributed by atoms with van der Waals surface area (Å²) in [6.07, 6.45) is 0. The highest BCUT2D eigenvalue weighted by molar-refractivity contribution is 7.15. The molecule has 2 aromatic heterocycles. The second kappa shape index (κ2) is 4.90. The molecule has 20 heavy (non-hydrogen) atoms. The first-order valence-corrected chi connectivity index (χ1v) is 7.36. The van der Waals surface area contributed by atoms with E-state index in [2.05, 4.69) is 27.0 Å². The maximum absolute atomic E-state index is 13.5. The summed E-state index contributed by atoms with van der Waals surface area (Å²) in [6, 6.07) is 5.21. The number of aromatic nitrogens is 2. The molecule has 0 aliphatic carbocycles. The van der Waals surface area contributed by atoms with Crippen molar-refractivity contribution in [3.05, 3.63) is 52.0 Å². The predicted molar refractivity (Wildman–Crippen MR) is 81.0 cm³/mol. The highest BCUT2D eigenvalue weighted by atomic mass is 32.1. The van der Waals surface area contributed by atoms with E-state index in [1.165, 1.54) is 11.8 Å². The van der Waals surface area contributed by atoms with Crippen LogP contribution in [0.2, 0.25) is 0 Å². The van der Waals surface area contributed by atoms with Gasteiger partial charge in [0.2, 0.25) is 0 Å². The van der Waals surface area contributed by atoms with Crippen molar-refractivity contribution in [2.75, 3.05) is 5.32 Å². The Hall–Kier alpha value is -1.88. The SMILES string of the molecule is Cc1ccc(NCc2c(C)nc3scc(C)n23)cc1F. The average Bonchev–Trinajstić information content (AvgIpc) is 2.91. The van der Waals surface area contributed by atoms with Gasteiger partial charge in [-0.15, -0.1) is 11.3 Å². The lowest BCUT2D eigenvalue weighted by Gasteiger charge is -2.08. The summed E-state index contributed by atoms with van der Waals surface area (Å²) in [6.45, 7) is 6.47. The number of benzene rings is 1. The average molecular weight is 289 g/mol. The van der Waals surface area contributed by atoms with Crippen molar-refractivity contribution in [3.8, 4) is 0 Å². The molecule has 0 amide bonds. The number of aryl methyl sites for hydroxylation is 3. The van der Waals surface area contributed by atoms with E-state index in [4.69, 9.17) is 0 Å². The van der Waals surface area contributed by atoms with Gasteiger partial charge in [0, 0.05) is 16.8 Å². The topological polar surface area (TPSA) is 29.3 Å². The van der Waals surface area contributed by atoms with Gasteiger partial charge in [0.05, 0.1) is 17.9 Å². The molecule has 0 unspecified atom stereocenters. The van der Waals surface area contributed by atoms with Gasteiger partial charge in [-0.05, 0) is 38.5 Å². The molecular formula is C15H16FN3S. The largest absolute Gasteiger partial charge is 0.379 e. The molecule has 104 valence electrons. The molecule has 0 aliphatic heterocycles. The third-order valence-electron chi connectivity index (χ3n) is 3.46. The molecule has 0 radical (unpaired) electrons. The standard InChI is InChI=1S/C15H16FN3S/c1-9-4-5-12(6-13(9)16)17-7-14-11(3)18-15-19(14)10(2)8-20-15/h4-6,8,17H,7H2,1-3H3. The number of nitrogens with one attached hydrogen (secondary N) is 1. The van der Waals surface area contributed by atoms with Gasteiger partial charge in [-0.25, -0.2) is 9.37 Å². The van der Waals surface area contributed by atoms with Crippen molar-refractivity contribution < 1.29 is 4.39 Å². The van der Waals surface area contributed by atoms with Crippen molar-refractivity contribution in [3.63, 3.8) is 0 Å². The monoisotopic (exact) mass is 289 g/mol. The van der Waals surface area contributed by atoms with Crippen LogP contribution in [0.1, 0.15) is 22.6 Å². The Morgan fingerprint density at radius 1 is 1.30 bits per heavy atom. The summed E-state index contributed by atoms with van der Waals surface area (Å²) in [5, 5.41) is 5.36. The molecule has 0 atom stereocenters. The van der Waals surface area contributed by atoms with E-state index in [0.29, 0.717) is 12.1 Å². The number of hydrogen-bond donors (Lipinski definition) is 1. The summed E-state index contributed by atoms with van der Waals surface area (Å²) < 4.78 is 15.7. The number of halogens is 1. The first-order chi connectivity index (χ1) is 9.56. The summed E-state index contributed by atoms with van der Waals surface area (Å²) in [5.74, 6) is -0.183. The fourth-order valence-electron chi connectivity index (χ4n) is 2.26. The Morgan fingerprint density at radius 2 is 2.10 bits per heavy atom. The van der Waals surface area contributed by atoms with Crippen LogP contribution in [-0.2, 0) is 6.54 Å². The Bertz CT molecular complexity index is 773. The Labute approximate surface area is 121 Å². The number of nitrogens with zero attached hydrogens (tertiary/aromatic N) is 2. The first-order valence-electron chi connectivity index (χ1n) is 6.48. The summed E-state index contributed by atoms with van der Waals surface area (Å²) in [4.78, 5) is 5.55. The highest BCUT2D eigenvalue weighted by Gasteiger charge is 2.12. The van der Waals surface area contributed by atoms with Gasteiger partial charge in [0.15, 0.2) is 4.96 Å². The zero-order chi connectivity index (χ0) is 14.3. The highest BCUT2D eigenvalue weighted by Crippen LogP contribution is 2.22. The summed E-state index contributed by atoms with van der Waals surface area (Å²) in [7, 11) is 0. The minimum absolute atomic E-state index is 0.183. The molecule has 0 spiro atoms. The van der Waals surface area contributed by atoms with Crippen molar-refractivity contribution in [2.24, 2.45) is 0 Å². The third kappa shape index (κ3) is 2.18. The maximum atomic E-state index is 13.5. The van der Waals surface area contributed by atoms with E-state index >= 15 is 0 Å². The molecule has 1 aromatic carbocycles. The quantitative estimate of drug-likeness (QED) is 0.787. The molecular weight excluding hydrogens is 273 g/mol. The lowest BCUT2D eigenvalue weighted by molar-refractivity contribution is 0.619. The van der Waals surface area contributed by atoms with E-state index in [-0.39, 0.29) is 5.82 Å². The number of thiazole rings is 1. The Balaban J connectivity index is 1.88. The van der Waals surface area contributed by atoms with Crippen molar-refractivity contribution in [2.45, 2.75) is 27.3 Å². The second-order valence-electron chi connectivity index (χ2n) is 4.96. The molecule has 3 aromatic rings. The summed E-state index contributed by atoms with van der Waals surface area (Å²) >= 11 is 1.64. The molecule has 0 saturated heterocycles. The fraction of sp³-hybridized carbons (Fsp3) is 0.267. The van der Waals surface area contributed by atoms with Crippen LogP contribution in [-0.4, -0.2) is 9.38 Å². The van der Waals surface area contributed by atoms with Crippen LogP contribution >= 0.6 is 11.3 Å². The number of anilines is 1. The number of fused-ring (bicyclic) bond motifs is 1. The van der Waals surface area contributed by atoms with Gasteiger partial charge >= 0.3 is 0 Å². The lowest BCUT2D eigenvalue weighted by atomic mass is 10.2. The van der Waals surface area contributed by atoms with Gasteiger partial charge in [-0.2, -0.15) is 0 Å². The van der Waals surface area contributed by atoms with E-state index in [1.807, 2.05) is 13.0 Å². The fourth-order valence-corrected chi connectivity index (χ4v) is 3.19. The van der Waals surface area contributed by atoms with Crippen molar-refractivity contribution in [1.29, 1.82) is 0 Å². The maximum Gasteiger partial charge on any atom is 0.194 e. The van der Waals surface area contributed by atoms with Crippen LogP contribution in [0.15, 0.2) is 23.6 Å². The number of hydrogen-bond acceptors (Lipinski definition) is 3. The first kappa shape index (κ1) is 13.1. The molecule has 0 saturated carbocycles. The van der Waals surface area contributed by atoms with Gasteiger partial charge in [-0.3, -0.25) is 4.40 Å². The van der Waals surface area contributed by atoms with Crippen LogP contribution in [0, 0.1) is 26.6 Å². The third-order valence-corrected chi connectivity index (χ3v) is 4.41. The van der Waals surface area contributed by atoms with E-state index < -0.39 is 0 Å². The van der Waals surface area contributed by atoms with Crippen LogP contribution in [0.4, 0.5) is 10.1 Å². The van der Waals surface area contributed by atoms with Crippen LogP contribution in [0.3, 0.4) is 0 Å². The van der Waals surface area contributed by atoms with Crippen LogP contribution in [0.25, 0.3) is 4.96 Å². The molecule has 0 fully saturated rings. The lowest BCUT2D eigenvalue weighted by Crippen LogP contribution is -2.05. The van der Waals surface area contributed by atoms with E-state index in [0.717, 1.165) is 22.0 Å². The molecule has 1 N–H and O–H groups in total. The Morgan fingerprint density at radius 3 is 2.85 bits per heavy atom. The predicted octanol–water partition coefficient (Wildman–Crippen LogP) is 4.07. The second-order valence-corrected chi connectivity index (χ2v) is 5.79. The van der Waals surface area contributed by atoms with Gasteiger partial charge in [-0.1, -0.05) is 6.07 Å². The molecule has 5 heteroatoms. The van der Waals surface area contributed by atoms with Gasteiger partial charge in [0.1, 0.15) is 5.82 Å². The van der Waals surface area contributed by atoms with Crippen LogP contribution in [0.5, 0.6) is 0 Å². The number of rotatable bonds is 3. The van der Waals surface area contributed by atoms with Crippen molar-refractivity contribution in [1.82, 2.24) is 9.38 Å². The normalized spacial score (nSPS) is 11.2. The van der Waals surface area contributed by atoms with E-state index in [9.17, 15) is 4.39 Å². The van der Waals surface area contributed by atoms with Crippen LogP contribution < -0.4 is 5.32 Å². The molecule has 2 heterocycles. The zero-order valence-electron chi connectivity index (χ0n) is 11.7. The minimum atomic E-state index is -0.183. The van der Waals surface area contributed by atoms with Gasteiger partial charge < -0.3 is 5.32 Å². The molecule has 3 rings (SSSR count). The smallest absolute Gasteiger partial charge is 0.194 e. The zero-order valence-corrected chi connectivity index (χ0v) is 12.5. The molecule has 0 aliphatic rings. The number of imidazole rings is 1. The van der Waals surface area contributed by atoms with Gasteiger partial charge in [0.25, 0.3) is 0 Å². The molecule has 0 bridgehead atoms. The van der Waals surface area contributed by atoms with Crippen molar-refractivity contribution >= 4 is 22.0 Å². The molecule has 3 nitrogen and oxygen atoms in total. The minimum Gasteiger partial charge on any atom is -0.379 e.